The molecule has 0 spiro atoms. The lowest BCUT2D eigenvalue weighted by Crippen LogP contribution is -2.16. The molecular formula is C21H25NO4. The molecule has 0 atom stereocenters. The van der Waals surface area contributed by atoms with E-state index in [4.69, 9.17) is 23.9 Å². The molecule has 1 heterocycles. The first kappa shape index (κ1) is 18.3. The maximum Gasteiger partial charge on any atom is 0.128 e. The normalized spacial score (nSPS) is 14.7. The fourth-order valence-electron chi connectivity index (χ4n) is 3.17. The summed E-state index contributed by atoms with van der Waals surface area (Å²) in [6, 6.07) is 9.95. The third kappa shape index (κ3) is 3.99. The van der Waals surface area contributed by atoms with E-state index in [1.807, 2.05) is 44.2 Å². The fraction of sp³-hybridized carbons (Fsp3) is 0.381. The molecular weight excluding hydrogens is 330 g/mol. The van der Waals surface area contributed by atoms with E-state index >= 15 is 0 Å². The number of hydrogen-bond acceptors (Lipinski definition) is 5. The van der Waals surface area contributed by atoms with Crippen molar-refractivity contribution in [1.29, 1.82) is 0 Å². The van der Waals surface area contributed by atoms with E-state index in [0.717, 1.165) is 51.8 Å². The molecule has 0 amide bonds. The highest BCUT2D eigenvalue weighted by Gasteiger charge is 2.18. The molecule has 0 N–H and O–H groups in total. The van der Waals surface area contributed by atoms with Crippen molar-refractivity contribution in [1.82, 2.24) is 0 Å². The van der Waals surface area contributed by atoms with E-state index in [9.17, 15) is 0 Å². The SMILES string of the molecule is COCCOc1ccc2c(c1)C(=Nc1cc(C)c(OC)c(C)c1)CCO2. The summed E-state index contributed by atoms with van der Waals surface area (Å²) in [7, 11) is 3.36. The summed E-state index contributed by atoms with van der Waals surface area (Å²) < 4.78 is 22.0. The van der Waals surface area contributed by atoms with E-state index in [1.165, 1.54) is 0 Å². The number of rotatable bonds is 6. The number of benzene rings is 2. The highest BCUT2D eigenvalue weighted by molar-refractivity contribution is 6.05. The zero-order valence-corrected chi connectivity index (χ0v) is 15.8. The average Bonchev–Trinajstić information content (AvgIpc) is 2.62. The first-order chi connectivity index (χ1) is 12.6. The molecule has 5 nitrogen and oxygen atoms in total. The summed E-state index contributed by atoms with van der Waals surface area (Å²) >= 11 is 0. The Balaban J connectivity index is 1.93. The van der Waals surface area contributed by atoms with E-state index in [2.05, 4.69) is 0 Å². The Labute approximate surface area is 154 Å². The molecule has 0 saturated carbocycles. The van der Waals surface area contributed by atoms with Crippen LogP contribution in [0.25, 0.3) is 0 Å². The minimum absolute atomic E-state index is 0.513. The Kier molecular flexibility index (Phi) is 5.78. The lowest BCUT2D eigenvalue weighted by atomic mass is 10.0. The van der Waals surface area contributed by atoms with Crippen LogP contribution < -0.4 is 14.2 Å². The summed E-state index contributed by atoms with van der Waals surface area (Å²) in [4.78, 5) is 4.89. The van der Waals surface area contributed by atoms with Gasteiger partial charge in [-0.05, 0) is 55.3 Å². The van der Waals surface area contributed by atoms with Gasteiger partial charge in [-0.3, -0.25) is 4.99 Å². The first-order valence-corrected chi connectivity index (χ1v) is 8.74. The molecule has 138 valence electrons. The van der Waals surface area contributed by atoms with Gasteiger partial charge in [-0.25, -0.2) is 0 Å². The lowest BCUT2D eigenvalue weighted by molar-refractivity contribution is 0.146. The quantitative estimate of drug-likeness (QED) is 0.727. The highest BCUT2D eigenvalue weighted by Crippen LogP contribution is 2.33. The number of methoxy groups -OCH3 is 2. The molecule has 1 aliphatic rings. The van der Waals surface area contributed by atoms with Crippen molar-refractivity contribution in [2.45, 2.75) is 20.3 Å². The molecule has 0 bridgehead atoms. The van der Waals surface area contributed by atoms with Crippen LogP contribution in [0.15, 0.2) is 35.3 Å². The maximum atomic E-state index is 5.77. The van der Waals surface area contributed by atoms with Gasteiger partial charge in [0.25, 0.3) is 0 Å². The second kappa shape index (κ2) is 8.23. The van der Waals surface area contributed by atoms with Crippen LogP contribution in [-0.2, 0) is 4.74 Å². The van der Waals surface area contributed by atoms with Gasteiger partial charge in [0, 0.05) is 19.1 Å². The molecule has 2 aromatic rings. The zero-order chi connectivity index (χ0) is 18.5. The van der Waals surface area contributed by atoms with Crippen molar-refractivity contribution in [3.63, 3.8) is 0 Å². The number of nitrogens with zero attached hydrogens (tertiary/aromatic N) is 1. The van der Waals surface area contributed by atoms with Gasteiger partial charge >= 0.3 is 0 Å². The summed E-state index contributed by atoms with van der Waals surface area (Å²) in [5.41, 5.74) is 5.07. The lowest BCUT2D eigenvalue weighted by Gasteiger charge is -2.20. The van der Waals surface area contributed by atoms with Crippen molar-refractivity contribution in [2.24, 2.45) is 4.99 Å². The Morgan fingerprint density at radius 1 is 1.04 bits per heavy atom. The van der Waals surface area contributed by atoms with Crippen LogP contribution >= 0.6 is 0 Å². The number of aliphatic imine (C=N–C) groups is 1. The second-order valence-electron chi connectivity index (χ2n) is 6.27. The van der Waals surface area contributed by atoms with E-state index < -0.39 is 0 Å². The Morgan fingerprint density at radius 3 is 2.50 bits per heavy atom. The molecule has 2 aromatic carbocycles. The number of aryl methyl sites for hydroxylation is 2. The number of hydrogen-bond donors (Lipinski definition) is 0. The molecule has 26 heavy (non-hydrogen) atoms. The molecule has 0 unspecified atom stereocenters. The monoisotopic (exact) mass is 355 g/mol. The van der Waals surface area contributed by atoms with Crippen LogP contribution in [-0.4, -0.2) is 39.8 Å². The molecule has 0 saturated heterocycles. The number of ether oxygens (including phenoxy) is 4. The van der Waals surface area contributed by atoms with Crippen molar-refractivity contribution < 1.29 is 18.9 Å². The number of fused-ring (bicyclic) bond motifs is 1. The van der Waals surface area contributed by atoms with Crippen LogP contribution in [0.4, 0.5) is 5.69 Å². The van der Waals surface area contributed by atoms with Gasteiger partial charge in [0.05, 0.1) is 31.7 Å². The van der Waals surface area contributed by atoms with Gasteiger partial charge in [-0.1, -0.05) is 0 Å². The molecule has 0 radical (unpaired) electrons. The van der Waals surface area contributed by atoms with Crippen LogP contribution in [0, 0.1) is 13.8 Å². The Hall–Kier alpha value is -2.53. The Bertz CT molecular complexity index is 791. The molecule has 0 aliphatic carbocycles. The highest BCUT2D eigenvalue weighted by atomic mass is 16.5. The van der Waals surface area contributed by atoms with E-state index in [0.29, 0.717) is 19.8 Å². The van der Waals surface area contributed by atoms with Gasteiger partial charge < -0.3 is 18.9 Å². The van der Waals surface area contributed by atoms with Crippen molar-refractivity contribution in [2.75, 3.05) is 34.0 Å². The van der Waals surface area contributed by atoms with Gasteiger partial charge in [-0.2, -0.15) is 0 Å². The van der Waals surface area contributed by atoms with Crippen LogP contribution in [0.3, 0.4) is 0 Å². The molecule has 3 rings (SSSR count). The molecule has 0 aromatic heterocycles. The predicted molar refractivity (Wildman–Crippen MR) is 103 cm³/mol. The largest absolute Gasteiger partial charge is 0.496 e. The van der Waals surface area contributed by atoms with Crippen LogP contribution in [0.5, 0.6) is 17.2 Å². The Morgan fingerprint density at radius 2 is 1.81 bits per heavy atom. The zero-order valence-electron chi connectivity index (χ0n) is 15.8. The van der Waals surface area contributed by atoms with Gasteiger partial charge in [0.1, 0.15) is 23.9 Å². The standard InChI is InChI=1S/C21H25NO4/c1-14-11-16(12-15(2)21(14)24-4)22-19-7-8-26-20-6-5-17(13-18(19)20)25-10-9-23-3/h5-6,11-13H,7-10H2,1-4H3. The van der Waals surface area contributed by atoms with Crippen LogP contribution in [0.2, 0.25) is 0 Å². The van der Waals surface area contributed by atoms with Crippen molar-refractivity contribution >= 4 is 11.4 Å². The molecule has 0 fully saturated rings. The summed E-state index contributed by atoms with van der Waals surface area (Å²) in [6.45, 7) is 5.77. The van der Waals surface area contributed by atoms with Crippen molar-refractivity contribution in [3.05, 3.63) is 47.0 Å². The first-order valence-electron chi connectivity index (χ1n) is 8.74. The maximum absolute atomic E-state index is 5.77. The second-order valence-corrected chi connectivity index (χ2v) is 6.27. The third-order valence-corrected chi connectivity index (χ3v) is 4.33. The van der Waals surface area contributed by atoms with Gasteiger partial charge in [0.15, 0.2) is 0 Å². The fourth-order valence-corrected chi connectivity index (χ4v) is 3.17. The molecule has 1 aliphatic heterocycles. The minimum atomic E-state index is 0.513. The summed E-state index contributed by atoms with van der Waals surface area (Å²) in [6.07, 6.45) is 0.763. The van der Waals surface area contributed by atoms with E-state index in [-0.39, 0.29) is 0 Å². The van der Waals surface area contributed by atoms with Gasteiger partial charge in [-0.15, -0.1) is 0 Å². The summed E-state index contributed by atoms with van der Waals surface area (Å²) in [5, 5.41) is 0. The average molecular weight is 355 g/mol. The predicted octanol–water partition coefficient (Wildman–Crippen LogP) is 4.24. The minimum Gasteiger partial charge on any atom is -0.496 e. The van der Waals surface area contributed by atoms with E-state index in [1.54, 1.807) is 14.2 Å². The summed E-state index contributed by atoms with van der Waals surface area (Å²) in [5.74, 6) is 2.55. The van der Waals surface area contributed by atoms with Crippen LogP contribution in [0.1, 0.15) is 23.1 Å². The van der Waals surface area contributed by atoms with Gasteiger partial charge in [0.2, 0.25) is 0 Å². The third-order valence-electron chi connectivity index (χ3n) is 4.33. The molecule has 5 heteroatoms. The smallest absolute Gasteiger partial charge is 0.128 e. The van der Waals surface area contributed by atoms with Crippen molar-refractivity contribution in [3.8, 4) is 17.2 Å². The topological polar surface area (TPSA) is 49.3 Å².